The maximum absolute atomic E-state index is 12.9. The van der Waals surface area contributed by atoms with E-state index in [1.807, 2.05) is 60.5 Å². The Kier molecular flexibility index (Phi) is 4.42. The van der Waals surface area contributed by atoms with Crippen LogP contribution in [-0.2, 0) is 17.1 Å². The molecule has 4 rings (SSSR count). The molecule has 0 spiro atoms. The van der Waals surface area contributed by atoms with Gasteiger partial charge in [-0.2, -0.15) is 9.40 Å². The quantitative estimate of drug-likeness (QED) is 0.709. The minimum absolute atomic E-state index is 0.332. The molecule has 7 heteroatoms. The van der Waals surface area contributed by atoms with Gasteiger partial charge in [-0.15, -0.1) is 0 Å². The Labute approximate surface area is 153 Å². The highest BCUT2D eigenvalue weighted by Gasteiger charge is 2.30. The number of hydrogen-bond acceptors (Lipinski definition) is 3. The molecule has 3 aromatic rings. The molecule has 2 aromatic heterocycles. The molecule has 6 nitrogen and oxygen atoms in total. The first-order valence-corrected chi connectivity index (χ1v) is 10.2. The topological polar surface area (TPSA) is 60.1 Å². The lowest BCUT2D eigenvalue weighted by atomic mass is 9.95. The molecule has 0 atom stereocenters. The summed E-state index contributed by atoms with van der Waals surface area (Å²) < 4.78 is 31.2. The maximum Gasteiger partial charge on any atom is 0.243 e. The van der Waals surface area contributed by atoms with Crippen molar-refractivity contribution in [3.8, 4) is 5.69 Å². The number of nitrogens with zero attached hydrogens (tertiary/aromatic N) is 4. The molecule has 1 aliphatic rings. The van der Waals surface area contributed by atoms with Crippen LogP contribution in [-0.4, -0.2) is 40.2 Å². The van der Waals surface area contributed by atoms with Crippen molar-refractivity contribution in [2.75, 3.05) is 13.1 Å². The minimum atomic E-state index is -3.45. The lowest BCUT2D eigenvalue weighted by Crippen LogP contribution is -2.38. The second-order valence-electron chi connectivity index (χ2n) is 6.68. The van der Waals surface area contributed by atoms with Crippen molar-refractivity contribution >= 4 is 10.0 Å². The highest BCUT2D eigenvalue weighted by atomic mass is 32.2. The van der Waals surface area contributed by atoms with E-state index < -0.39 is 10.0 Å². The van der Waals surface area contributed by atoms with Crippen LogP contribution in [0.25, 0.3) is 5.69 Å². The first-order valence-electron chi connectivity index (χ1n) is 8.77. The highest BCUT2D eigenvalue weighted by molar-refractivity contribution is 7.89. The molecular weight excluding hydrogens is 348 g/mol. The zero-order chi connectivity index (χ0) is 18.1. The molecule has 26 heavy (non-hydrogen) atoms. The number of aryl methyl sites for hydroxylation is 1. The summed E-state index contributed by atoms with van der Waals surface area (Å²) in [6.07, 6.45) is 7.41. The summed E-state index contributed by atoms with van der Waals surface area (Å²) in [6.45, 7) is 1.06. The lowest BCUT2D eigenvalue weighted by molar-refractivity contribution is 0.316. The lowest BCUT2D eigenvalue weighted by Gasteiger charge is -2.30. The monoisotopic (exact) mass is 370 g/mol. The van der Waals surface area contributed by atoms with Gasteiger partial charge in [0, 0.05) is 50.3 Å². The predicted molar refractivity (Wildman–Crippen MR) is 99.7 cm³/mol. The van der Waals surface area contributed by atoms with Crippen molar-refractivity contribution in [2.24, 2.45) is 7.05 Å². The van der Waals surface area contributed by atoms with Crippen molar-refractivity contribution < 1.29 is 8.42 Å². The predicted octanol–water partition coefficient (Wildman–Crippen LogP) is 2.78. The van der Waals surface area contributed by atoms with Crippen LogP contribution in [0.1, 0.15) is 24.5 Å². The molecule has 1 saturated heterocycles. The van der Waals surface area contributed by atoms with Gasteiger partial charge in [0.2, 0.25) is 10.0 Å². The van der Waals surface area contributed by atoms with Gasteiger partial charge < -0.3 is 4.57 Å². The van der Waals surface area contributed by atoms with Crippen LogP contribution < -0.4 is 0 Å². The third-order valence-corrected chi connectivity index (χ3v) is 6.90. The fraction of sp³-hybridized carbons (Fsp3) is 0.316. The van der Waals surface area contributed by atoms with E-state index in [4.69, 9.17) is 0 Å². The number of hydrogen-bond donors (Lipinski definition) is 0. The summed E-state index contributed by atoms with van der Waals surface area (Å²) in [5, 5.41) is 4.46. The van der Waals surface area contributed by atoms with E-state index >= 15 is 0 Å². The molecule has 0 amide bonds. The summed E-state index contributed by atoms with van der Waals surface area (Å²) in [5.41, 5.74) is 2.00. The third kappa shape index (κ3) is 3.20. The molecule has 0 saturated carbocycles. The van der Waals surface area contributed by atoms with E-state index in [1.54, 1.807) is 21.1 Å². The zero-order valence-corrected chi connectivity index (χ0v) is 15.5. The van der Waals surface area contributed by atoms with Crippen LogP contribution in [0.3, 0.4) is 0 Å². The van der Waals surface area contributed by atoms with Gasteiger partial charge in [-0.1, -0.05) is 0 Å². The summed E-state index contributed by atoms with van der Waals surface area (Å²) in [6, 6.07) is 13.0. The Bertz CT molecular complexity index is 967. The first kappa shape index (κ1) is 17.1. The third-order valence-electron chi connectivity index (χ3n) is 4.98. The molecule has 0 N–H and O–H groups in total. The average molecular weight is 370 g/mol. The van der Waals surface area contributed by atoms with Gasteiger partial charge in [0.1, 0.15) is 0 Å². The smallest absolute Gasteiger partial charge is 0.243 e. The van der Waals surface area contributed by atoms with Gasteiger partial charge in [-0.3, -0.25) is 4.68 Å². The van der Waals surface area contributed by atoms with E-state index in [1.165, 1.54) is 0 Å². The van der Waals surface area contributed by atoms with E-state index in [2.05, 4.69) is 5.10 Å². The number of benzene rings is 1. The average Bonchev–Trinajstić information content (AvgIpc) is 3.34. The Morgan fingerprint density at radius 3 is 2.19 bits per heavy atom. The molecule has 0 aliphatic carbocycles. The Morgan fingerprint density at radius 1 is 0.962 bits per heavy atom. The zero-order valence-electron chi connectivity index (χ0n) is 14.7. The maximum atomic E-state index is 12.9. The van der Waals surface area contributed by atoms with Gasteiger partial charge in [0.15, 0.2) is 0 Å². The number of piperidine rings is 1. The Hall–Kier alpha value is -2.38. The van der Waals surface area contributed by atoms with Gasteiger partial charge in [-0.05, 0) is 55.3 Å². The number of sulfonamides is 1. The van der Waals surface area contributed by atoms with Crippen LogP contribution in [0, 0.1) is 0 Å². The Balaban J connectivity index is 1.47. The van der Waals surface area contributed by atoms with Crippen molar-refractivity contribution in [2.45, 2.75) is 23.7 Å². The first-order chi connectivity index (χ1) is 12.5. The SMILES string of the molecule is Cn1ccc(C2CCN(S(=O)(=O)c3ccc(-n4cccc4)cc3)CC2)n1. The molecular formula is C19H22N4O2S. The minimum Gasteiger partial charge on any atom is -0.324 e. The van der Waals surface area contributed by atoms with Crippen molar-refractivity contribution in [3.63, 3.8) is 0 Å². The molecule has 3 heterocycles. The number of rotatable bonds is 4. The molecule has 0 bridgehead atoms. The largest absolute Gasteiger partial charge is 0.324 e. The molecule has 1 aromatic carbocycles. The normalized spacial score (nSPS) is 16.8. The molecule has 1 fully saturated rings. The highest BCUT2D eigenvalue weighted by Crippen LogP contribution is 2.30. The van der Waals surface area contributed by atoms with Gasteiger partial charge >= 0.3 is 0 Å². The summed E-state index contributed by atoms with van der Waals surface area (Å²) in [4.78, 5) is 0.352. The summed E-state index contributed by atoms with van der Waals surface area (Å²) in [5.74, 6) is 0.332. The molecule has 1 aliphatic heterocycles. The van der Waals surface area contributed by atoms with Crippen LogP contribution in [0.15, 0.2) is 66.0 Å². The fourth-order valence-corrected chi connectivity index (χ4v) is 4.96. The van der Waals surface area contributed by atoms with Gasteiger partial charge in [0.25, 0.3) is 0 Å². The standard InChI is InChI=1S/C19H22N4O2S/c1-21-13-10-19(20-21)16-8-14-23(15-9-16)26(24,25)18-6-4-17(5-7-18)22-11-2-3-12-22/h2-7,10-13,16H,8-9,14-15H2,1H3. The van der Waals surface area contributed by atoms with Crippen LogP contribution in [0.2, 0.25) is 0 Å². The van der Waals surface area contributed by atoms with E-state index in [9.17, 15) is 8.42 Å². The van der Waals surface area contributed by atoms with Crippen molar-refractivity contribution in [1.82, 2.24) is 18.7 Å². The van der Waals surface area contributed by atoms with Crippen molar-refractivity contribution in [1.29, 1.82) is 0 Å². The van der Waals surface area contributed by atoms with Gasteiger partial charge in [-0.25, -0.2) is 8.42 Å². The summed E-state index contributed by atoms with van der Waals surface area (Å²) in [7, 11) is -1.55. The molecule has 136 valence electrons. The second kappa shape index (κ2) is 6.74. The van der Waals surface area contributed by atoms with Crippen LogP contribution in [0.5, 0.6) is 0 Å². The van der Waals surface area contributed by atoms with Crippen molar-refractivity contribution in [3.05, 3.63) is 66.7 Å². The second-order valence-corrected chi connectivity index (χ2v) is 8.61. The molecule has 0 unspecified atom stereocenters. The van der Waals surface area contributed by atoms with E-state index in [-0.39, 0.29) is 0 Å². The fourth-order valence-electron chi connectivity index (χ4n) is 3.49. The van der Waals surface area contributed by atoms with Crippen LogP contribution >= 0.6 is 0 Å². The van der Waals surface area contributed by atoms with Crippen LogP contribution in [0.4, 0.5) is 0 Å². The van der Waals surface area contributed by atoms with E-state index in [0.717, 1.165) is 24.2 Å². The van der Waals surface area contributed by atoms with E-state index in [0.29, 0.717) is 23.9 Å². The van der Waals surface area contributed by atoms with Gasteiger partial charge in [0.05, 0.1) is 10.6 Å². The summed E-state index contributed by atoms with van der Waals surface area (Å²) >= 11 is 0. The number of aromatic nitrogens is 3. The molecule has 0 radical (unpaired) electrons. The Morgan fingerprint density at radius 2 is 1.62 bits per heavy atom.